The van der Waals surface area contributed by atoms with Crippen molar-refractivity contribution < 1.29 is 19.0 Å². The smallest absolute Gasteiger partial charge is 0.265 e. The lowest BCUT2D eigenvalue weighted by atomic mass is 9.87. The SMILES string of the molecule is COc1ccc(NC(=O)C(C)Oc2ccc(C(C)(C)C)cc2)cc1OCc1cccnc1. The molecule has 6 nitrogen and oxygen atoms in total. The van der Waals surface area contributed by atoms with E-state index in [4.69, 9.17) is 14.2 Å². The summed E-state index contributed by atoms with van der Waals surface area (Å²) >= 11 is 0. The van der Waals surface area contributed by atoms with Gasteiger partial charge in [0.1, 0.15) is 12.4 Å². The second-order valence-corrected chi connectivity index (χ2v) is 8.54. The van der Waals surface area contributed by atoms with Crippen molar-refractivity contribution in [2.75, 3.05) is 12.4 Å². The lowest BCUT2D eigenvalue weighted by Crippen LogP contribution is -2.30. The summed E-state index contributed by atoms with van der Waals surface area (Å²) in [5.74, 6) is 1.50. The molecule has 2 aromatic carbocycles. The van der Waals surface area contributed by atoms with Crippen LogP contribution in [0.2, 0.25) is 0 Å². The first kappa shape index (κ1) is 23.1. The van der Waals surface area contributed by atoms with Crippen LogP contribution in [0.25, 0.3) is 0 Å². The summed E-state index contributed by atoms with van der Waals surface area (Å²) in [5.41, 5.74) is 2.80. The van der Waals surface area contributed by atoms with E-state index in [1.54, 1.807) is 44.6 Å². The largest absolute Gasteiger partial charge is 0.493 e. The number of methoxy groups -OCH3 is 1. The number of pyridine rings is 1. The van der Waals surface area contributed by atoms with Gasteiger partial charge in [-0.1, -0.05) is 39.0 Å². The Labute approximate surface area is 189 Å². The van der Waals surface area contributed by atoms with Crippen LogP contribution < -0.4 is 19.5 Å². The van der Waals surface area contributed by atoms with Gasteiger partial charge in [0.15, 0.2) is 17.6 Å². The molecule has 0 fully saturated rings. The predicted molar refractivity (Wildman–Crippen MR) is 125 cm³/mol. The molecular weight excluding hydrogens is 404 g/mol. The van der Waals surface area contributed by atoms with E-state index >= 15 is 0 Å². The van der Waals surface area contributed by atoms with Crippen LogP contribution >= 0.6 is 0 Å². The highest BCUT2D eigenvalue weighted by Gasteiger charge is 2.18. The number of ether oxygens (including phenoxy) is 3. The zero-order valence-corrected chi connectivity index (χ0v) is 19.2. The fourth-order valence-corrected chi connectivity index (χ4v) is 3.05. The molecule has 0 saturated carbocycles. The van der Waals surface area contributed by atoms with Gasteiger partial charge in [0.05, 0.1) is 7.11 Å². The van der Waals surface area contributed by atoms with Crippen molar-refractivity contribution in [1.29, 1.82) is 0 Å². The maximum absolute atomic E-state index is 12.7. The molecule has 1 heterocycles. The third kappa shape index (κ3) is 6.23. The Morgan fingerprint density at radius 3 is 2.44 bits per heavy atom. The fraction of sp³-hybridized carbons (Fsp3) is 0.308. The number of nitrogens with zero attached hydrogens (tertiary/aromatic N) is 1. The number of carbonyl (C=O) groups is 1. The second kappa shape index (κ2) is 10.2. The number of benzene rings is 2. The highest BCUT2D eigenvalue weighted by atomic mass is 16.5. The highest BCUT2D eigenvalue weighted by molar-refractivity contribution is 5.94. The number of rotatable bonds is 8. The van der Waals surface area contributed by atoms with Crippen molar-refractivity contribution in [1.82, 2.24) is 4.98 Å². The average Bonchev–Trinajstić information content (AvgIpc) is 2.78. The molecule has 0 aliphatic carbocycles. The van der Waals surface area contributed by atoms with Crippen LogP contribution in [0.3, 0.4) is 0 Å². The Hall–Kier alpha value is -3.54. The van der Waals surface area contributed by atoms with E-state index in [0.29, 0.717) is 29.5 Å². The van der Waals surface area contributed by atoms with Crippen LogP contribution in [0, 0.1) is 0 Å². The van der Waals surface area contributed by atoms with E-state index in [1.165, 1.54) is 5.56 Å². The van der Waals surface area contributed by atoms with Gasteiger partial charge in [0.25, 0.3) is 5.91 Å². The summed E-state index contributed by atoms with van der Waals surface area (Å²) in [6.45, 7) is 8.52. The summed E-state index contributed by atoms with van der Waals surface area (Å²) in [7, 11) is 1.57. The minimum atomic E-state index is -0.669. The Kier molecular flexibility index (Phi) is 7.36. The van der Waals surface area contributed by atoms with Crippen LogP contribution in [-0.4, -0.2) is 24.1 Å². The molecular formula is C26H30N2O4. The quantitative estimate of drug-likeness (QED) is 0.516. The van der Waals surface area contributed by atoms with Gasteiger partial charge in [-0.2, -0.15) is 0 Å². The van der Waals surface area contributed by atoms with Crippen LogP contribution in [0.1, 0.15) is 38.8 Å². The fourth-order valence-electron chi connectivity index (χ4n) is 3.05. The van der Waals surface area contributed by atoms with Gasteiger partial charge in [0, 0.05) is 29.7 Å². The van der Waals surface area contributed by atoms with Gasteiger partial charge >= 0.3 is 0 Å². The van der Waals surface area contributed by atoms with Crippen molar-refractivity contribution in [3.63, 3.8) is 0 Å². The summed E-state index contributed by atoms with van der Waals surface area (Å²) in [5, 5.41) is 2.88. The van der Waals surface area contributed by atoms with Gasteiger partial charge in [-0.25, -0.2) is 0 Å². The number of carbonyl (C=O) groups excluding carboxylic acids is 1. The number of hydrogen-bond acceptors (Lipinski definition) is 5. The van der Waals surface area contributed by atoms with Crippen molar-refractivity contribution >= 4 is 11.6 Å². The molecule has 0 saturated heterocycles. The second-order valence-electron chi connectivity index (χ2n) is 8.54. The molecule has 3 rings (SSSR count). The molecule has 1 atom stereocenters. The molecule has 0 aliphatic heterocycles. The van der Waals surface area contributed by atoms with Crippen LogP contribution in [-0.2, 0) is 16.8 Å². The summed E-state index contributed by atoms with van der Waals surface area (Å²) in [6.07, 6.45) is 2.78. The monoisotopic (exact) mass is 434 g/mol. The molecule has 0 aliphatic rings. The van der Waals surface area contributed by atoms with Crippen LogP contribution in [0.4, 0.5) is 5.69 Å². The minimum absolute atomic E-state index is 0.0622. The topological polar surface area (TPSA) is 69.7 Å². The zero-order chi connectivity index (χ0) is 23.1. The van der Waals surface area contributed by atoms with E-state index < -0.39 is 6.10 Å². The molecule has 0 bridgehead atoms. The number of hydrogen-bond donors (Lipinski definition) is 1. The predicted octanol–water partition coefficient (Wildman–Crippen LogP) is 5.37. The number of nitrogens with one attached hydrogen (secondary N) is 1. The molecule has 1 aromatic heterocycles. The number of anilines is 1. The van der Waals surface area contributed by atoms with E-state index in [1.807, 2.05) is 36.4 Å². The molecule has 0 spiro atoms. The molecule has 1 unspecified atom stereocenters. The Morgan fingerprint density at radius 2 is 1.81 bits per heavy atom. The molecule has 0 radical (unpaired) electrons. The van der Waals surface area contributed by atoms with E-state index in [9.17, 15) is 4.79 Å². The first-order chi connectivity index (χ1) is 15.3. The molecule has 168 valence electrons. The number of aromatic nitrogens is 1. The van der Waals surface area contributed by atoms with Crippen molar-refractivity contribution in [2.24, 2.45) is 0 Å². The summed E-state index contributed by atoms with van der Waals surface area (Å²) in [6, 6.07) is 16.9. The standard InChI is InChI=1S/C26H30N2O4/c1-18(32-22-11-8-20(9-12-22)26(2,3)4)25(29)28-21-10-13-23(30-5)24(15-21)31-17-19-7-6-14-27-16-19/h6-16,18H,17H2,1-5H3,(H,28,29). The van der Waals surface area contributed by atoms with Gasteiger partial charge in [-0.3, -0.25) is 9.78 Å². The Morgan fingerprint density at radius 1 is 1.06 bits per heavy atom. The summed E-state index contributed by atoms with van der Waals surface area (Å²) in [4.78, 5) is 16.8. The third-order valence-corrected chi connectivity index (χ3v) is 4.95. The van der Waals surface area contributed by atoms with E-state index in [2.05, 4.69) is 31.1 Å². The molecule has 3 aromatic rings. The third-order valence-electron chi connectivity index (χ3n) is 4.95. The lowest BCUT2D eigenvalue weighted by Gasteiger charge is -2.20. The van der Waals surface area contributed by atoms with Crippen molar-refractivity contribution in [2.45, 2.75) is 45.8 Å². The van der Waals surface area contributed by atoms with Gasteiger partial charge in [0.2, 0.25) is 0 Å². The Balaban J connectivity index is 1.63. The van der Waals surface area contributed by atoms with Crippen molar-refractivity contribution in [3.8, 4) is 17.2 Å². The average molecular weight is 435 g/mol. The first-order valence-corrected chi connectivity index (χ1v) is 10.5. The molecule has 6 heteroatoms. The normalized spacial score (nSPS) is 12.0. The zero-order valence-electron chi connectivity index (χ0n) is 19.2. The first-order valence-electron chi connectivity index (χ1n) is 10.5. The van der Waals surface area contributed by atoms with Crippen LogP contribution in [0.5, 0.6) is 17.2 Å². The molecule has 1 N–H and O–H groups in total. The van der Waals surface area contributed by atoms with Crippen LogP contribution in [0.15, 0.2) is 67.0 Å². The maximum Gasteiger partial charge on any atom is 0.265 e. The van der Waals surface area contributed by atoms with E-state index in [-0.39, 0.29) is 11.3 Å². The number of amides is 1. The molecule has 1 amide bonds. The minimum Gasteiger partial charge on any atom is -0.493 e. The lowest BCUT2D eigenvalue weighted by molar-refractivity contribution is -0.122. The van der Waals surface area contributed by atoms with Gasteiger partial charge in [-0.05, 0) is 48.2 Å². The van der Waals surface area contributed by atoms with Crippen molar-refractivity contribution in [3.05, 3.63) is 78.1 Å². The molecule has 32 heavy (non-hydrogen) atoms. The van der Waals surface area contributed by atoms with Gasteiger partial charge in [-0.15, -0.1) is 0 Å². The highest BCUT2D eigenvalue weighted by Crippen LogP contribution is 2.31. The Bertz CT molecular complexity index is 1030. The maximum atomic E-state index is 12.7. The van der Waals surface area contributed by atoms with E-state index in [0.717, 1.165) is 5.56 Å². The van der Waals surface area contributed by atoms with Gasteiger partial charge < -0.3 is 19.5 Å². The summed E-state index contributed by atoms with van der Waals surface area (Å²) < 4.78 is 17.1.